The summed E-state index contributed by atoms with van der Waals surface area (Å²) in [4.78, 5) is 29.1. The fourth-order valence-corrected chi connectivity index (χ4v) is 4.77. The molecule has 190 valence electrons. The zero-order chi connectivity index (χ0) is 26.4. The molecule has 0 aliphatic heterocycles. The molecule has 2 atom stereocenters. The molecule has 8 heteroatoms. The topological polar surface area (TPSA) is 116 Å². The fourth-order valence-electron chi connectivity index (χ4n) is 4.77. The molecule has 37 heavy (non-hydrogen) atoms. The molecule has 0 radical (unpaired) electrons. The highest BCUT2D eigenvalue weighted by Gasteiger charge is 2.24. The van der Waals surface area contributed by atoms with Gasteiger partial charge in [-0.3, -0.25) is 9.59 Å². The fraction of sp³-hybridized carbons (Fsp3) is 0.310. The van der Waals surface area contributed by atoms with Gasteiger partial charge < -0.3 is 20.7 Å². The highest BCUT2D eigenvalue weighted by Crippen LogP contribution is 2.35. The lowest BCUT2D eigenvalue weighted by atomic mass is 9.91. The summed E-state index contributed by atoms with van der Waals surface area (Å²) in [5, 5.41) is 20.3. The minimum Gasteiger partial charge on any atom is -0.495 e. The molecule has 1 unspecified atom stereocenters. The molecule has 1 saturated carbocycles. The lowest BCUT2D eigenvalue weighted by molar-refractivity contribution is -0.119. The van der Waals surface area contributed by atoms with Gasteiger partial charge in [-0.2, -0.15) is 5.26 Å². The Morgan fingerprint density at radius 2 is 1.89 bits per heavy atom. The molecule has 3 aromatic rings. The van der Waals surface area contributed by atoms with Gasteiger partial charge in [0.1, 0.15) is 11.4 Å². The normalized spacial score (nSPS) is 16.9. The first-order valence-electron chi connectivity index (χ1n) is 12.4. The maximum atomic E-state index is 13.0. The van der Waals surface area contributed by atoms with Crippen molar-refractivity contribution in [3.8, 4) is 23.1 Å². The van der Waals surface area contributed by atoms with Crippen molar-refractivity contribution < 1.29 is 14.3 Å². The molecule has 2 aromatic carbocycles. The predicted octanol–water partition coefficient (Wildman–Crippen LogP) is 4.58. The first-order valence-corrected chi connectivity index (χ1v) is 12.4. The summed E-state index contributed by atoms with van der Waals surface area (Å²) in [6.45, 7) is 5.56. The van der Waals surface area contributed by atoms with Crippen molar-refractivity contribution >= 4 is 28.3 Å². The van der Waals surface area contributed by atoms with Gasteiger partial charge in [0, 0.05) is 42.1 Å². The van der Waals surface area contributed by atoms with E-state index in [9.17, 15) is 9.59 Å². The van der Waals surface area contributed by atoms with Gasteiger partial charge in [0.2, 0.25) is 5.91 Å². The zero-order valence-corrected chi connectivity index (χ0v) is 21.1. The quantitative estimate of drug-likeness (QED) is 0.392. The highest BCUT2D eigenvalue weighted by molar-refractivity contribution is 5.99. The number of nitriles is 1. The van der Waals surface area contributed by atoms with Crippen LogP contribution in [0.25, 0.3) is 22.0 Å². The average molecular weight is 498 g/mol. The van der Waals surface area contributed by atoms with E-state index in [0.29, 0.717) is 35.7 Å². The number of carbonyl (C=O) groups is 2. The van der Waals surface area contributed by atoms with E-state index in [1.807, 2.05) is 42.5 Å². The monoisotopic (exact) mass is 497 g/mol. The van der Waals surface area contributed by atoms with E-state index in [0.717, 1.165) is 41.3 Å². The Hall–Kier alpha value is -4.38. The molecule has 1 aliphatic rings. The molecule has 1 heterocycles. The minimum absolute atomic E-state index is 0.00603. The molecule has 1 aromatic heterocycles. The summed E-state index contributed by atoms with van der Waals surface area (Å²) in [5.41, 5.74) is 3.04. The van der Waals surface area contributed by atoms with Crippen LogP contribution in [0.4, 0.5) is 5.69 Å². The van der Waals surface area contributed by atoms with Crippen molar-refractivity contribution in [2.24, 2.45) is 0 Å². The number of fused-ring (bicyclic) bond motifs is 1. The molecule has 2 amide bonds. The molecule has 1 aliphatic carbocycles. The second kappa shape index (κ2) is 11.6. The Morgan fingerprint density at radius 1 is 1.14 bits per heavy atom. The summed E-state index contributed by atoms with van der Waals surface area (Å²) >= 11 is 0. The standard InChI is InChI=1S/C29H31N5O3/c1-18(16-30)17-31-28-24-14-21(11-10-20(24)12-13-27(28)37-3)25-8-5-9-26(34-25)29(36)33-23-7-4-6-22(15-23)32-19(2)35/h5,8-14,22-23,31H,1,4,6-7,15,17H2,2-3H3,(H,32,35)(H,33,36)/t22?,23-/m1/s1. The third-order valence-electron chi connectivity index (χ3n) is 6.53. The molecule has 1 fully saturated rings. The summed E-state index contributed by atoms with van der Waals surface area (Å²) < 4.78 is 5.55. The number of nitrogens with zero attached hydrogens (tertiary/aromatic N) is 2. The van der Waals surface area contributed by atoms with E-state index < -0.39 is 0 Å². The average Bonchev–Trinajstić information content (AvgIpc) is 2.91. The second-order valence-electron chi connectivity index (χ2n) is 9.29. The van der Waals surface area contributed by atoms with Gasteiger partial charge in [-0.25, -0.2) is 4.98 Å². The number of nitrogens with one attached hydrogen (secondary N) is 3. The number of aromatic nitrogens is 1. The van der Waals surface area contributed by atoms with Crippen molar-refractivity contribution in [1.29, 1.82) is 5.26 Å². The van der Waals surface area contributed by atoms with Crippen LogP contribution in [0.3, 0.4) is 0 Å². The molecule has 4 rings (SSSR count). The van der Waals surface area contributed by atoms with Crippen LogP contribution in [-0.2, 0) is 4.79 Å². The Labute approximate surface area is 216 Å². The van der Waals surface area contributed by atoms with Crippen LogP contribution < -0.4 is 20.7 Å². The van der Waals surface area contributed by atoms with Crippen LogP contribution >= 0.6 is 0 Å². The van der Waals surface area contributed by atoms with Crippen molar-refractivity contribution in [2.45, 2.75) is 44.7 Å². The number of methoxy groups -OCH3 is 1. The zero-order valence-electron chi connectivity index (χ0n) is 21.1. The van der Waals surface area contributed by atoms with Crippen LogP contribution in [0.1, 0.15) is 43.1 Å². The van der Waals surface area contributed by atoms with Crippen LogP contribution in [-0.4, -0.2) is 42.5 Å². The molecule has 0 saturated heterocycles. The lowest BCUT2D eigenvalue weighted by Gasteiger charge is -2.30. The largest absolute Gasteiger partial charge is 0.495 e. The molecule has 3 N–H and O–H groups in total. The number of anilines is 1. The van der Waals surface area contributed by atoms with Gasteiger partial charge in [-0.05, 0) is 55.3 Å². The minimum atomic E-state index is -0.227. The number of rotatable bonds is 8. The number of amides is 2. The van der Waals surface area contributed by atoms with Crippen LogP contribution in [0.15, 0.2) is 60.7 Å². The maximum Gasteiger partial charge on any atom is 0.270 e. The van der Waals surface area contributed by atoms with E-state index in [4.69, 9.17) is 10.00 Å². The lowest BCUT2D eigenvalue weighted by Crippen LogP contribution is -2.45. The SMILES string of the molecule is C=C(C#N)CNc1c(OC)ccc2ccc(-c3cccc(C(=O)N[C@@H]4CCCC(NC(C)=O)C4)n3)cc12. The van der Waals surface area contributed by atoms with E-state index in [1.165, 1.54) is 6.92 Å². The first kappa shape index (κ1) is 25.7. The van der Waals surface area contributed by atoms with E-state index >= 15 is 0 Å². The number of carbonyl (C=O) groups excluding carboxylic acids is 2. The van der Waals surface area contributed by atoms with Gasteiger partial charge >= 0.3 is 0 Å². The molecule has 8 nitrogen and oxygen atoms in total. The van der Waals surface area contributed by atoms with Gasteiger partial charge in [0.05, 0.1) is 24.6 Å². The number of hydrogen-bond acceptors (Lipinski definition) is 6. The van der Waals surface area contributed by atoms with Gasteiger partial charge in [0.15, 0.2) is 0 Å². The predicted molar refractivity (Wildman–Crippen MR) is 144 cm³/mol. The highest BCUT2D eigenvalue weighted by atomic mass is 16.5. The number of ether oxygens (including phenoxy) is 1. The Bertz CT molecular complexity index is 1380. The van der Waals surface area contributed by atoms with Crippen LogP contribution in [0.2, 0.25) is 0 Å². The van der Waals surface area contributed by atoms with Gasteiger partial charge in [-0.15, -0.1) is 0 Å². The van der Waals surface area contributed by atoms with Crippen molar-refractivity contribution in [3.63, 3.8) is 0 Å². The Balaban J connectivity index is 1.58. The van der Waals surface area contributed by atoms with Crippen LogP contribution in [0.5, 0.6) is 5.75 Å². The van der Waals surface area contributed by atoms with Crippen molar-refractivity contribution in [2.75, 3.05) is 19.0 Å². The summed E-state index contributed by atoms with van der Waals surface area (Å²) in [6, 6.07) is 17.3. The molecule has 0 bridgehead atoms. The third kappa shape index (κ3) is 6.25. The molecular formula is C29H31N5O3. The maximum absolute atomic E-state index is 13.0. The Kier molecular flexibility index (Phi) is 8.04. The molecule has 0 spiro atoms. The molecular weight excluding hydrogens is 466 g/mol. The second-order valence-corrected chi connectivity index (χ2v) is 9.29. The van der Waals surface area contributed by atoms with E-state index in [2.05, 4.69) is 33.6 Å². The van der Waals surface area contributed by atoms with E-state index in [-0.39, 0.29) is 23.9 Å². The number of benzene rings is 2. The van der Waals surface area contributed by atoms with E-state index in [1.54, 1.807) is 13.2 Å². The van der Waals surface area contributed by atoms with Gasteiger partial charge in [0.25, 0.3) is 5.91 Å². The number of pyridine rings is 1. The van der Waals surface area contributed by atoms with Gasteiger partial charge in [-0.1, -0.05) is 30.8 Å². The van der Waals surface area contributed by atoms with Crippen LogP contribution in [0, 0.1) is 11.3 Å². The Morgan fingerprint density at radius 3 is 2.62 bits per heavy atom. The third-order valence-corrected chi connectivity index (χ3v) is 6.53. The van der Waals surface area contributed by atoms with Crippen molar-refractivity contribution in [3.05, 3.63) is 66.4 Å². The summed E-state index contributed by atoms with van der Waals surface area (Å²) in [7, 11) is 1.60. The summed E-state index contributed by atoms with van der Waals surface area (Å²) in [6.07, 6.45) is 3.46. The summed E-state index contributed by atoms with van der Waals surface area (Å²) in [5.74, 6) is 0.379. The number of hydrogen-bond donors (Lipinski definition) is 3. The first-order chi connectivity index (χ1) is 17.9. The van der Waals surface area contributed by atoms with Crippen molar-refractivity contribution in [1.82, 2.24) is 15.6 Å². The smallest absolute Gasteiger partial charge is 0.270 e.